The van der Waals surface area contributed by atoms with Gasteiger partial charge in [0.25, 0.3) is 0 Å². The van der Waals surface area contributed by atoms with Crippen molar-refractivity contribution in [2.24, 2.45) is 0 Å². The molecule has 0 spiro atoms. The second kappa shape index (κ2) is 12.3. The summed E-state index contributed by atoms with van der Waals surface area (Å²) < 4.78 is 0. The van der Waals surface area contributed by atoms with Gasteiger partial charge < -0.3 is 31.1 Å². The summed E-state index contributed by atoms with van der Waals surface area (Å²) in [4.78, 5) is 39.9. The first kappa shape index (κ1) is 26.1. The van der Waals surface area contributed by atoms with E-state index in [0.29, 0.717) is 0 Å². The van der Waals surface area contributed by atoms with E-state index < -0.39 is 24.0 Å². The Labute approximate surface area is 208 Å². The van der Waals surface area contributed by atoms with Gasteiger partial charge in [0.1, 0.15) is 11.8 Å². The lowest BCUT2D eigenvalue weighted by atomic mass is 10.0. The highest BCUT2D eigenvalue weighted by atomic mass is 32.1. The first-order valence-corrected chi connectivity index (χ1v) is 11.9. The topological polar surface area (TPSA) is 144 Å². The lowest BCUT2D eigenvalue weighted by Crippen LogP contribution is -2.54. The number of aromatic amines is 1. The summed E-state index contributed by atoms with van der Waals surface area (Å²) >= 11 is 4.00. The predicted octanol–water partition coefficient (Wildman–Crippen LogP) is 1.62. The molecule has 6 N–H and O–H groups in total. The van der Waals surface area contributed by atoms with Gasteiger partial charge in [-0.1, -0.05) is 30.3 Å². The Balaban J connectivity index is 1.60. The van der Waals surface area contributed by atoms with Crippen molar-refractivity contribution in [3.8, 4) is 5.75 Å². The van der Waals surface area contributed by atoms with Gasteiger partial charge in [-0.15, -0.1) is 0 Å². The van der Waals surface area contributed by atoms with Crippen molar-refractivity contribution in [1.82, 2.24) is 20.9 Å². The molecule has 0 aliphatic carbocycles. The first-order chi connectivity index (χ1) is 16.8. The number of carbonyl (C=O) groups is 3. The molecule has 9 nitrogen and oxygen atoms in total. The summed E-state index contributed by atoms with van der Waals surface area (Å²) in [5.74, 6) is -1.75. The number of H-pyrrole nitrogens is 1. The van der Waals surface area contributed by atoms with Crippen molar-refractivity contribution in [3.63, 3.8) is 0 Å². The van der Waals surface area contributed by atoms with Crippen molar-refractivity contribution < 1.29 is 24.6 Å². The number of benzene rings is 2. The van der Waals surface area contributed by atoms with E-state index in [0.717, 1.165) is 22.0 Å². The van der Waals surface area contributed by atoms with Gasteiger partial charge >= 0.3 is 5.97 Å². The molecule has 1 aromatic heterocycles. The van der Waals surface area contributed by atoms with Crippen molar-refractivity contribution in [3.05, 3.63) is 65.9 Å². The van der Waals surface area contributed by atoms with E-state index in [-0.39, 0.29) is 42.8 Å². The minimum Gasteiger partial charge on any atom is -0.508 e. The zero-order valence-corrected chi connectivity index (χ0v) is 20.2. The number of aromatic hydroxyl groups is 1. The first-order valence-electron chi connectivity index (χ1n) is 11.3. The minimum atomic E-state index is -1.17. The smallest absolute Gasteiger partial charge is 0.327 e. The fourth-order valence-corrected chi connectivity index (χ4v) is 3.98. The zero-order valence-electron chi connectivity index (χ0n) is 19.3. The second-order valence-corrected chi connectivity index (χ2v) is 8.78. The number of fused-ring (bicyclic) bond motifs is 1. The maximum atomic E-state index is 12.8. The predicted molar refractivity (Wildman–Crippen MR) is 137 cm³/mol. The molecule has 10 heteroatoms. The highest BCUT2D eigenvalue weighted by Crippen LogP contribution is 2.18. The van der Waals surface area contributed by atoms with Crippen LogP contribution in [0.3, 0.4) is 0 Å². The zero-order chi connectivity index (χ0) is 25.4. The molecule has 2 aromatic carbocycles. The lowest BCUT2D eigenvalue weighted by Gasteiger charge is -2.23. The monoisotopic (exact) mass is 498 g/mol. The van der Waals surface area contributed by atoms with Crippen LogP contribution in [-0.2, 0) is 27.2 Å². The Hall–Kier alpha value is -3.50. The molecule has 0 aliphatic heterocycles. The molecule has 0 radical (unpaired) electrons. The number of carboxylic acids is 1. The van der Waals surface area contributed by atoms with E-state index in [2.05, 4.69) is 33.6 Å². The molecule has 0 saturated heterocycles. The van der Waals surface area contributed by atoms with Crippen LogP contribution >= 0.6 is 12.6 Å². The number of aliphatic carboxylic acids is 1. The van der Waals surface area contributed by atoms with Gasteiger partial charge in [-0.2, -0.15) is 12.6 Å². The summed E-state index contributed by atoms with van der Waals surface area (Å²) in [5.41, 5.74) is 2.65. The molecule has 3 atom stereocenters. The number of carboxylic acid groups (broad SMARTS) is 1. The summed E-state index contributed by atoms with van der Waals surface area (Å²) in [5, 5.41) is 28.3. The molecule has 2 amide bonds. The van der Waals surface area contributed by atoms with Gasteiger partial charge in [-0.3, -0.25) is 9.59 Å². The van der Waals surface area contributed by atoms with Crippen LogP contribution in [0.4, 0.5) is 0 Å². The highest BCUT2D eigenvalue weighted by Gasteiger charge is 2.25. The summed E-state index contributed by atoms with van der Waals surface area (Å²) in [6, 6.07) is 12.0. The summed E-state index contributed by atoms with van der Waals surface area (Å²) in [7, 11) is 0. The number of phenolic OH excluding ortho intramolecular Hbond substituents is 1. The number of hydrogen-bond donors (Lipinski definition) is 7. The van der Waals surface area contributed by atoms with E-state index in [1.807, 2.05) is 37.4 Å². The lowest BCUT2D eigenvalue weighted by molar-refractivity contribution is -0.141. The fraction of sp³-hybridized carbons (Fsp3) is 0.320. The number of aromatic nitrogens is 1. The third-order valence-electron chi connectivity index (χ3n) is 5.59. The van der Waals surface area contributed by atoms with Gasteiger partial charge in [0.15, 0.2) is 0 Å². The number of nitrogens with one attached hydrogen (secondary N) is 4. The van der Waals surface area contributed by atoms with E-state index in [9.17, 15) is 24.6 Å². The van der Waals surface area contributed by atoms with Crippen LogP contribution in [0.25, 0.3) is 10.9 Å². The van der Waals surface area contributed by atoms with Gasteiger partial charge in [0.2, 0.25) is 11.8 Å². The number of thiol groups is 1. The molecule has 35 heavy (non-hydrogen) atoms. The van der Waals surface area contributed by atoms with E-state index in [1.54, 1.807) is 12.1 Å². The molecule has 1 heterocycles. The standard InChI is InChI=1S/C25H30N4O5S/c1-15(28-23(31)11-17-13-27-20-5-3-2-4-19(17)20)12-26-21(10-16-6-8-18(30)9-7-16)24(32)29-22(14-35)25(33)34/h2-9,13,15,21-22,26-27,30,35H,10-12,14H2,1H3,(H,28,31)(H,29,32)(H,33,34). The minimum absolute atomic E-state index is 0.0483. The van der Waals surface area contributed by atoms with E-state index in [1.165, 1.54) is 12.1 Å². The van der Waals surface area contributed by atoms with Crippen LogP contribution in [0.1, 0.15) is 18.1 Å². The molecule has 0 bridgehead atoms. The molecular formula is C25H30N4O5S. The van der Waals surface area contributed by atoms with Crippen molar-refractivity contribution in [2.75, 3.05) is 12.3 Å². The largest absolute Gasteiger partial charge is 0.508 e. The number of phenols is 1. The van der Waals surface area contributed by atoms with Gasteiger partial charge in [-0.25, -0.2) is 4.79 Å². The third kappa shape index (κ3) is 7.49. The van der Waals surface area contributed by atoms with Crippen molar-refractivity contribution >= 4 is 41.3 Å². The number of hydrogen-bond acceptors (Lipinski definition) is 6. The fourth-order valence-electron chi connectivity index (χ4n) is 3.73. The SMILES string of the molecule is CC(CNC(Cc1ccc(O)cc1)C(=O)NC(CS)C(=O)O)NC(=O)Cc1c[nH]c2ccccc12. The Morgan fingerprint density at radius 3 is 2.43 bits per heavy atom. The molecular weight excluding hydrogens is 468 g/mol. The normalized spacial score (nSPS) is 13.7. The van der Waals surface area contributed by atoms with Crippen molar-refractivity contribution in [1.29, 1.82) is 0 Å². The van der Waals surface area contributed by atoms with E-state index in [4.69, 9.17) is 0 Å². The maximum absolute atomic E-state index is 12.8. The summed E-state index contributed by atoms with van der Waals surface area (Å²) in [6.07, 6.45) is 2.31. The average molecular weight is 499 g/mol. The Morgan fingerprint density at radius 2 is 1.74 bits per heavy atom. The Morgan fingerprint density at radius 1 is 1.03 bits per heavy atom. The van der Waals surface area contributed by atoms with Gasteiger partial charge in [-0.05, 0) is 42.7 Å². The molecule has 3 aromatic rings. The molecule has 0 saturated carbocycles. The molecule has 3 unspecified atom stereocenters. The number of rotatable bonds is 12. The van der Waals surface area contributed by atoms with Crippen molar-refractivity contribution in [2.45, 2.75) is 37.9 Å². The molecule has 0 fully saturated rings. The molecule has 0 aliphatic rings. The average Bonchev–Trinajstić information content (AvgIpc) is 3.23. The van der Waals surface area contributed by atoms with Gasteiger partial charge in [0, 0.05) is 35.4 Å². The quantitative estimate of drug-likeness (QED) is 0.189. The molecule has 186 valence electrons. The second-order valence-electron chi connectivity index (χ2n) is 8.42. The van der Waals surface area contributed by atoms with Crippen LogP contribution in [0.2, 0.25) is 0 Å². The Kier molecular flexibility index (Phi) is 9.16. The number of carbonyl (C=O) groups excluding carboxylic acids is 2. The van der Waals surface area contributed by atoms with Crippen LogP contribution in [0, 0.1) is 0 Å². The van der Waals surface area contributed by atoms with Crippen LogP contribution in [-0.4, -0.2) is 63.4 Å². The van der Waals surface area contributed by atoms with Crippen LogP contribution in [0.15, 0.2) is 54.7 Å². The van der Waals surface area contributed by atoms with E-state index >= 15 is 0 Å². The molecule has 3 rings (SSSR count). The Bertz CT molecular complexity index is 1160. The number of amides is 2. The van der Waals surface area contributed by atoms with Crippen LogP contribution in [0.5, 0.6) is 5.75 Å². The van der Waals surface area contributed by atoms with Gasteiger partial charge in [0.05, 0.1) is 12.5 Å². The third-order valence-corrected chi connectivity index (χ3v) is 5.96. The number of para-hydroxylation sites is 1. The maximum Gasteiger partial charge on any atom is 0.327 e. The summed E-state index contributed by atoms with van der Waals surface area (Å²) in [6.45, 7) is 2.11. The highest BCUT2D eigenvalue weighted by molar-refractivity contribution is 7.80. The van der Waals surface area contributed by atoms with Crippen LogP contribution < -0.4 is 16.0 Å².